The average molecular weight is 408 g/mol. The predicted octanol–water partition coefficient (Wildman–Crippen LogP) is 4.12. The second-order valence-electron chi connectivity index (χ2n) is 5.46. The van der Waals surface area contributed by atoms with E-state index in [1.54, 1.807) is 12.1 Å². The van der Waals surface area contributed by atoms with E-state index >= 15 is 0 Å². The second kappa shape index (κ2) is 7.10. The van der Waals surface area contributed by atoms with Crippen LogP contribution < -0.4 is 4.74 Å². The maximum absolute atomic E-state index is 14.5. The van der Waals surface area contributed by atoms with Gasteiger partial charge in [0.15, 0.2) is 0 Å². The number of halogens is 2. The molecule has 0 atom stereocenters. The molecule has 6 nitrogen and oxygen atoms in total. The van der Waals surface area contributed by atoms with Crippen molar-refractivity contribution in [2.45, 2.75) is 0 Å². The van der Waals surface area contributed by atoms with E-state index in [4.69, 9.17) is 9.84 Å². The van der Waals surface area contributed by atoms with Gasteiger partial charge < -0.3 is 14.7 Å². The third-order valence-corrected chi connectivity index (χ3v) is 4.24. The Morgan fingerprint density at radius 3 is 2.88 bits per heavy atom. The van der Waals surface area contributed by atoms with E-state index in [2.05, 4.69) is 26.1 Å². The van der Waals surface area contributed by atoms with Crippen LogP contribution in [0.25, 0.3) is 22.2 Å². The Balaban J connectivity index is 1.78. The maximum Gasteiger partial charge on any atom is 0.407 e. The number of ether oxygens (including phenoxy) is 1. The molecule has 0 aliphatic rings. The van der Waals surface area contributed by atoms with E-state index in [-0.39, 0.29) is 13.2 Å². The number of benzene rings is 2. The van der Waals surface area contributed by atoms with Crippen LogP contribution in [-0.2, 0) is 0 Å². The van der Waals surface area contributed by atoms with Gasteiger partial charge in [-0.3, -0.25) is 5.10 Å². The summed E-state index contributed by atoms with van der Waals surface area (Å²) in [6.07, 6.45) is -1.04. The zero-order valence-electron chi connectivity index (χ0n) is 13.3. The van der Waals surface area contributed by atoms with Gasteiger partial charge in [-0.15, -0.1) is 0 Å². The molecule has 0 radical (unpaired) electrons. The minimum atomic E-state index is -1.04. The van der Waals surface area contributed by atoms with Crippen LogP contribution in [0, 0.1) is 5.82 Å². The number of H-pyrrole nitrogens is 1. The van der Waals surface area contributed by atoms with Crippen molar-refractivity contribution in [1.29, 1.82) is 0 Å². The van der Waals surface area contributed by atoms with Gasteiger partial charge >= 0.3 is 6.09 Å². The molecule has 0 aliphatic heterocycles. The zero-order valence-corrected chi connectivity index (χ0v) is 14.9. The van der Waals surface area contributed by atoms with Gasteiger partial charge in [0.05, 0.1) is 12.1 Å². The van der Waals surface area contributed by atoms with Crippen molar-refractivity contribution in [1.82, 2.24) is 15.1 Å². The molecular formula is C17H15BrFN3O3. The smallest absolute Gasteiger partial charge is 0.407 e. The summed E-state index contributed by atoms with van der Waals surface area (Å²) in [5, 5.41) is 16.7. The Kier molecular flexibility index (Phi) is 4.89. The molecule has 2 aromatic carbocycles. The van der Waals surface area contributed by atoms with Crippen LogP contribution in [0.4, 0.5) is 9.18 Å². The molecule has 0 saturated heterocycles. The first-order valence-electron chi connectivity index (χ1n) is 7.46. The molecule has 2 N–H and O–H groups in total. The number of nitrogens with zero attached hydrogens (tertiary/aromatic N) is 2. The molecular weight excluding hydrogens is 393 g/mol. The highest BCUT2D eigenvalue weighted by molar-refractivity contribution is 9.10. The van der Waals surface area contributed by atoms with E-state index in [0.29, 0.717) is 17.0 Å². The first kappa shape index (κ1) is 17.2. The van der Waals surface area contributed by atoms with Crippen LogP contribution >= 0.6 is 15.9 Å². The fourth-order valence-electron chi connectivity index (χ4n) is 2.37. The number of hydrogen-bond donors (Lipinski definition) is 2. The number of likely N-dealkylation sites (N-methyl/N-ethyl adjacent to an activating group) is 1. The number of fused-ring (bicyclic) bond motifs is 1. The Bertz CT molecular complexity index is 929. The summed E-state index contributed by atoms with van der Waals surface area (Å²) < 4.78 is 20.8. The SMILES string of the molecule is CN(CCOc1ccc(-c2n[nH]c3cc(Br)ccc23)c(F)c1)C(=O)O. The first-order chi connectivity index (χ1) is 12.0. The summed E-state index contributed by atoms with van der Waals surface area (Å²) >= 11 is 3.39. The number of carbonyl (C=O) groups is 1. The molecule has 25 heavy (non-hydrogen) atoms. The van der Waals surface area contributed by atoms with E-state index in [1.807, 2.05) is 18.2 Å². The quantitative estimate of drug-likeness (QED) is 0.666. The number of hydrogen-bond acceptors (Lipinski definition) is 3. The molecule has 8 heteroatoms. The van der Waals surface area contributed by atoms with Crippen LogP contribution in [0.1, 0.15) is 0 Å². The highest BCUT2D eigenvalue weighted by atomic mass is 79.9. The van der Waals surface area contributed by atoms with E-state index in [0.717, 1.165) is 20.3 Å². The van der Waals surface area contributed by atoms with E-state index < -0.39 is 11.9 Å². The maximum atomic E-state index is 14.5. The Hall–Kier alpha value is -2.61. The predicted molar refractivity (Wildman–Crippen MR) is 95.3 cm³/mol. The summed E-state index contributed by atoms with van der Waals surface area (Å²) in [6, 6.07) is 10.1. The Morgan fingerprint density at radius 2 is 2.16 bits per heavy atom. The number of aromatic nitrogens is 2. The van der Waals surface area contributed by atoms with E-state index in [1.165, 1.54) is 13.1 Å². The first-order valence-corrected chi connectivity index (χ1v) is 8.25. The van der Waals surface area contributed by atoms with Crippen LogP contribution in [0.3, 0.4) is 0 Å². The van der Waals surface area contributed by atoms with Gasteiger partial charge in [-0.05, 0) is 30.3 Å². The van der Waals surface area contributed by atoms with Crippen molar-refractivity contribution in [3.05, 3.63) is 46.7 Å². The van der Waals surface area contributed by atoms with Gasteiger partial charge in [0.25, 0.3) is 0 Å². The monoisotopic (exact) mass is 407 g/mol. The molecule has 0 spiro atoms. The molecule has 0 unspecified atom stereocenters. The van der Waals surface area contributed by atoms with Crippen LogP contribution in [0.15, 0.2) is 40.9 Å². The van der Waals surface area contributed by atoms with Gasteiger partial charge in [-0.2, -0.15) is 5.10 Å². The minimum Gasteiger partial charge on any atom is -0.492 e. The number of amides is 1. The van der Waals surface area contributed by atoms with Gasteiger partial charge in [0, 0.05) is 28.5 Å². The van der Waals surface area contributed by atoms with Gasteiger partial charge in [-0.25, -0.2) is 9.18 Å². The van der Waals surface area contributed by atoms with Gasteiger partial charge in [0.1, 0.15) is 23.9 Å². The molecule has 0 fully saturated rings. The van der Waals surface area contributed by atoms with Crippen molar-refractivity contribution >= 4 is 32.9 Å². The average Bonchev–Trinajstić information content (AvgIpc) is 2.97. The molecule has 1 amide bonds. The molecule has 3 aromatic rings. The third kappa shape index (κ3) is 3.74. The van der Waals surface area contributed by atoms with Crippen LogP contribution in [-0.4, -0.2) is 46.5 Å². The van der Waals surface area contributed by atoms with Crippen molar-refractivity contribution < 1.29 is 19.0 Å². The Labute approximate surface area is 151 Å². The summed E-state index contributed by atoms with van der Waals surface area (Å²) in [6.45, 7) is 0.332. The zero-order chi connectivity index (χ0) is 18.0. The number of carboxylic acid groups (broad SMARTS) is 1. The summed E-state index contributed by atoms with van der Waals surface area (Å²) in [5.41, 5.74) is 1.70. The summed E-state index contributed by atoms with van der Waals surface area (Å²) in [4.78, 5) is 11.8. The topological polar surface area (TPSA) is 78.5 Å². The molecule has 0 saturated carbocycles. The summed E-state index contributed by atoms with van der Waals surface area (Å²) in [5.74, 6) is -0.122. The fraction of sp³-hybridized carbons (Fsp3) is 0.176. The Morgan fingerprint density at radius 1 is 1.36 bits per heavy atom. The van der Waals surface area contributed by atoms with Crippen molar-refractivity contribution in [2.24, 2.45) is 0 Å². The van der Waals surface area contributed by atoms with Crippen molar-refractivity contribution in [3.63, 3.8) is 0 Å². The third-order valence-electron chi connectivity index (χ3n) is 3.74. The van der Waals surface area contributed by atoms with Crippen molar-refractivity contribution in [2.75, 3.05) is 20.2 Å². The highest BCUT2D eigenvalue weighted by Gasteiger charge is 2.14. The van der Waals surface area contributed by atoms with Crippen LogP contribution in [0.2, 0.25) is 0 Å². The molecule has 0 bridgehead atoms. The lowest BCUT2D eigenvalue weighted by molar-refractivity contribution is 0.147. The molecule has 0 aliphatic carbocycles. The normalized spacial score (nSPS) is 10.8. The fourth-order valence-corrected chi connectivity index (χ4v) is 2.73. The van der Waals surface area contributed by atoms with Crippen LogP contribution in [0.5, 0.6) is 5.75 Å². The number of aromatic amines is 1. The number of rotatable bonds is 5. The minimum absolute atomic E-state index is 0.140. The second-order valence-corrected chi connectivity index (χ2v) is 6.37. The highest BCUT2D eigenvalue weighted by Crippen LogP contribution is 2.31. The largest absolute Gasteiger partial charge is 0.492 e. The molecule has 3 rings (SSSR count). The molecule has 1 aromatic heterocycles. The van der Waals surface area contributed by atoms with Gasteiger partial charge in [0.2, 0.25) is 0 Å². The molecule has 130 valence electrons. The summed E-state index contributed by atoms with van der Waals surface area (Å²) in [7, 11) is 1.44. The standard InChI is InChI=1S/C17H15BrFN3O3/c1-22(17(23)24)6-7-25-11-3-5-12(14(19)9-11)16-13-4-2-10(18)8-15(13)20-21-16/h2-5,8-9H,6-7H2,1H3,(H,20,21)(H,23,24). The van der Waals surface area contributed by atoms with E-state index in [9.17, 15) is 9.18 Å². The lowest BCUT2D eigenvalue weighted by Crippen LogP contribution is -2.29. The number of nitrogens with one attached hydrogen (secondary N) is 1. The lowest BCUT2D eigenvalue weighted by Gasteiger charge is -2.13. The lowest BCUT2D eigenvalue weighted by atomic mass is 10.1. The van der Waals surface area contributed by atoms with Gasteiger partial charge in [-0.1, -0.05) is 15.9 Å². The molecule has 1 heterocycles. The van der Waals surface area contributed by atoms with Crippen molar-refractivity contribution in [3.8, 4) is 17.0 Å².